The molecule has 2 aliphatic rings. The number of carbonyl (C=O) groups excluding carboxylic acids is 4. The lowest BCUT2D eigenvalue weighted by Crippen LogP contribution is -2.76. The van der Waals surface area contributed by atoms with E-state index in [0.717, 1.165) is 11.3 Å². The number of nitrogens with zero attached hydrogens (tertiary/aromatic N) is 4. The van der Waals surface area contributed by atoms with Crippen molar-refractivity contribution in [3.05, 3.63) is 42.5 Å². The summed E-state index contributed by atoms with van der Waals surface area (Å²) in [7, 11) is 4.87. The van der Waals surface area contributed by atoms with Crippen LogP contribution in [0.2, 0.25) is 0 Å². The maximum atomic E-state index is 13.5. The molecule has 2 saturated heterocycles. The van der Waals surface area contributed by atoms with Crippen molar-refractivity contribution in [2.45, 2.75) is 38.0 Å². The molecular weight excluding hydrogens is 520 g/mol. The number of rotatable bonds is 13. The van der Waals surface area contributed by atoms with E-state index in [4.69, 9.17) is 14.2 Å². The molecule has 2 heterocycles. The number of likely N-dealkylation sites (N-methyl/N-ethyl adjacent to an activating group) is 1. The quantitative estimate of drug-likeness (QED) is 0.271. The number of amides is 5. The Kier molecular flexibility index (Phi) is 11.6. The number of fused-ring (bicyclic) bond motifs is 1. The van der Waals surface area contributed by atoms with E-state index in [2.05, 4.69) is 17.2 Å². The number of hydrogen-bond acceptors (Lipinski definition) is 8. The number of alkyl carbamates (subject to hydrolysis) is 1. The highest BCUT2D eigenvalue weighted by Crippen LogP contribution is 2.28. The third-order valence-corrected chi connectivity index (χ3v) is 6.78. The van der Waals surface area contributed by atoms with Gasteiger partial charge in [-0.15, -0.1) is 0 Å². The zero-order valence-corrected chi connectivity index (χ0v) is 23.5. The standard InChI is InChI=1S/C27H40N6O7/c1-5-15-40-27(37)28-13-6-8-22-25(35)31(14-7-16-38-3)18-23-32(22)24(34)19-30(2)33(23)26(36)29-17-20-9-11-21(39-4)12-10-20/h5,9-12,22-23H,1,6-8,13-19H2,2-4H3,(H,28,37)(H,29,36)/t22-,23-/m0/s1. The Morgan fingerprint density at radius 2 is 1.88 bits per heavy atom. The first kappa shape index (κ1) is 30.7. The lowest BCUT2D eigenvalue weighted by Gasteiger charge is -2.54. The van der Waals surface area contributed by atoms with Gasteiger partial charge in [-0.3, -0.25) is 9.59 Å². The first-order valence-corrected chi connectivity index (χ1v) is 13.3. The van der Waals surface area contributed by atoms with Crippen molar-refractivity contribution >= 4 is 23.9 Å². The number of nitrogens with one attached hydrogen (secondary N) is 2. The van der Waals surface area contributed by atoms with Crippen LogP contribution >= 0.6 is 0 Å². The molecule has 1 aromatic rings. The van der Waals surface area contributed by atoms with E-state index in [1.165, 1.54) is 16.0 Å². The number of ether oxygens (including phenoxy) is 3. The molecular formula is C27H40N6O7. The molecule has 0 saturated carbocycles. The molecule has 1 aromatic carbocycles. The number of methoxy groups -OCH3 is 2. The normalized spacial score (nSPS) is 19.2. The maximum Gasteiger partial charge on any atom is 0.407 e. The molecule has 0 unspecified atom stereocenters. The molecule has 3 rings (SSSR count). The zero-order chi connectivity index (χ0) is 29.1. The van der Waals surface area contributed by atoms with Crippen molar-refractivity contribution < 1.29 is 33.4 Å². The van der Waals surface area contributed by atoms with Crippen LogP contribution < -0.4 is 15.4 Å². The molecule has 0 radical (unpaired) electrons. The van der Waals surface area contributed by atoms with Gasteiger partial charge in [-0.1, -0.05) is 24.8 Å². The maximum absolute atomic E-state index is 13.5. The van der Waals surface area contributed by atoms with Gasteiger partial charge in [-0.2, -0.15) is 0 Å². The van der Waals surface area contributed by atoms with Crippen molar-refractivity contribution in [2.75, 3.05) is 60.7 Å². The molecule has 0 bridgehead atoms. The molecule has 13 nitrogen and oxygen atoms in total. The Bertz CT molecular complexity index is 1040. The third-order valence-electron chi connectivity index (χ3n) is 6.78. The second-order valence-corrected chi connectivity index (χ2v) is 9.55. The van der Waals surface area contributed by atoms with Gasteiger partial charge in [-0.25, -0.2) is 19.6 Å². The summed E-state index contributed by atoms with van der Waals surface area (Å²) in [6.07, 6.45) is 1.57. The van der Waals surface area contributed by atoms with Gasteiger partial charge < -0.3 is 34.6 Å². The monoisotopic (exact) mass is 560 g/mol. The predicted octanol–water partition coefficient (Wildman–Crippen LogP) is 1.16. The van der Waals surface area contributed by atoms with Crippen LogP contribution in [0.4, 0.5) is 9.59 Å². The zero-order valence-electron chi connectivity index (χ0n) is 23.5. The highest BCUT2D eigenvalue weighted by atomic mass is 16.5. The van der Waals surface area contributed by atoms with Crippen molar-refractivity contribution in [1.82, 2.24) is 30.5 Å². The summed E-state index contributed by atoms with van der Waals surface area (Å²) >= 11 is 0. The fourth-order valence-electron chi connectivity index (χ4n) is 4.86. The predicted molar refractivity (Wildman–Crippen MR) is 146 cm³/mol. The molecule has 0 aliphatic carbocycles. The molecule has 0 spiro atoms. The Hall–Kier alpha value is -3.84. The van der Waals surface area contributed by atoms with Gasteiger partial charge >= 0.3 is 12.1 Å². The lowest BCUT2D eigenvalue weighted by atomic mass is 10.0. The molecule has 2 atom stereocenters. The minimum atomic E-state index is -0.773. The van der Waals surface area contributed by atoms with Gasteiger partial charge in [0, 0.05) is 40.4 Å². The number of piperazine rings is 1. The summed E-state index contributed by atoms with van der Waals surface area (Å²) in [5.41, 5.74) is 0.888. The smallest absolute Gasteiger partial charge is 0.407 e. The summed E-state index contributed by atoms with van der Waals surface area (Å²) < 4.78 is 15.3. The SMILES string of the molecule is C=CCOC(=O)NCCC[C@H]1C(=O)N(CCCOC)C[C@H]2N1C(=O)CN(C)N2C(=O)NCc1ccc(OC)cc1. The van der Waals surface area contributed by atoms with Gasteiger partial charge in [0.1, 0.15) is 24.6 Å². The number of hydrazine groups is 1. The van der Waals surface area contributed by atoms with Crippen molar-refractivity contribution in [3.63, 3.8) is 0 Å². The summed E-state index contributed by atoms with van der Waals surface area (Å²) in [5.74, 6) is 0.299. The van der Waals surface area contributed by atoms with Gasteiger partial charge in [0.05, 0.1) is 20.2 Å². The van der Waals surface area contributed by atoms with Crippen LogP contribution in [0.25, 0.3) is 0 Å². The highest BCUT2D eigenvalue weighted by molar-refractivity contribution is 5.91. The highest BCUT2D eigenvalue weighted by Gasteiger charge is 2.50. The molecule has 2 aliphatic heterocycles. The summed E-state index contributed by atoms with van der Waals surface area (Å²) in [5, 5.41) is 8.67. The molecule has 2 fully saturated rings. The number of carbonyl (C=O) groups is 4. The molecule has 5 amide bonds. The van der Waals surface area contributed by atoms with Gasteiger partial charge in [-0.05, 0) is 37.0 Å². The van der Waals surface area contributed by atoms with E-state index >= 15 is 0 Å². The van der Waals surface area contributed by atoms with Crippen molar-refractivity contribution in [3.8, 4) is 5.75 Å². The molecule has 13 heteroatoms. The topological polar surface area (TPSA) is 133 Å². The fourth-order valence-corrected chi connectivity index (χ4v) is 4.86. The number of benzene rings is 1. The van der Waals surface area contributed by atoms with Crippen LogP contribution in [0.5, 0.6) is 5.75 Å². The van der Waals surface area contributed by atoms with Crippen LogP contribution in [0.1, 0.15) is 24.8 Å². The van der Waals surface area contributed by atoms with Crippen LogP contribution in [0.3, 0.4) is 0 Å². The van der Waals surface area contributed by atoms with Crippen molar-refractivity contribution in [1.29, 1.82) is 0 Å². The van der Waals surface area contributed by atoms with E-state index < -0.39 is 18.3 Å². The van der Waals surface area contributed by atoms with Crippen LogP contribution in [0, 0.1) is 0 Å². The van der Waals surface area contributed by atoms with Crippen LogP contribution in [-0.4, -0.2) is 117 Å². The summed E-state index contributed by atoms with van der Waals surface area (Å²) in [6, 6.07) is 6.21. The third kappa shape index (κ3) is 7.85. The minimum absolute atomic E-state index is 0.0496. The largest absolute Gasteiger partial charge is 0.497 e. The number of urea groups is 1. The number of hydrogen-bond donors (Lipinski definition) is 2. The summed E-state index contributed by atoms with van der Waals surface area (Å²) in [6.45, 7) is 5.18. The second-order valence-electron chi connectivity index (χ2n) is 9.55. The minimum Gasteiger partial charge on any atom is -0.497 e. The average molecular weight is 561 g/mol. The van der Waals surface area contributed by atoms with E-state index in [-0.39, 0.29) is 50.6 Å². The summed E-state index contributed by atoms with van der Waals surface area (Å²) in [4.78, 5) is 55.2. The van der Waals surface area contributed by atoms with Crippen molar-refractivity contribution in [2.24, 2.45) is 0 Å². The molecule has 2 N–H and O–H groups in total. The molecule has 40 heavy (non-hydrogen) atoms. The second kappa shape index (κ2) is 15.1. The van der Waals surface area contributed by atoms with E-state index in [0.29, 0.717) is 32.4 Å². The lowest BCUT2D eigenvalue weighted by molar-refractivity contribution is -0.187. The van der Waals surface area contributed by atoms with E-state index in [1.807, 2.05) is 24.3 Å². The first-order valence-electron chi connectivity index (χ1n) is 13.3. The molecule has 0 aromatic heterocycles. The average Bonchev–Trinajstić information content (AvgIpc) is 2.94. The first-order chi connectivity index (χ1) is 19.3. The van der Waals surface area contributed by atoms with Crippen LogP contribution in [-0.2, 0) is 25.6 Å². The Labute approximate surface area is 234 Å². The van der Waals surface area contributed by atoms with E-state index in [9.17, 15) is 19.2 Å². The van der Waals surface area contributed by atoms with Gasteiger partial charge in [0.15, 0.2) is 0 Å². The van der Waals surface area contributed by atoms with E-state index in [1.54, 1.807) is 31.2 Å². The van der Waals surface area contributed by atoms with Gasteiger partial charge in [0.2, 0.25) is 11.8 Å². The Morgan fingerprint density at radius 1 is 1.12 bits per heavy atom. The van der Waals surface area contributed by atoms with Crippen LogP contribution in [0.15, 0.2) is 36.9 Å². The Morgan fingerprint density at radius 3 is 2.55 bits per heavy atom. The molecule has 220 valence electrons. The van der Waals surface area contributed by atoms with Gasteiger partial charge in [0.25, 0.3) is 0 Å². The fraction of sp³-hybridized carbons (Fsp3) is 0.556. The Balaban J connectivity index is 1.74.